The average Bonchev–Trinajstić information content (AvgIpc) is 3.30. The quantitative estimate of drug-likeness (QED) is 0.886. The largest absolute Gasteiger partial charge is 0.347 e. The number of hydrogen-bond acceptors (Lipinski definition) is 4. The minimum atomic E-state index is 0.0447. The third-order valence-corrected chi connectivity index (χ3v) is 5.02. The maximum atomic E-state index is 12.2. The fraction of sp³-hybridized carbons (Fsp3) is 0.588. The zero-order chi connectivity index (χ0) is 15.6. The topological polar surface area (TPSA) is 75.6 Å². The van der Waals surface area contributed by atoms with Crippen molar-refractivity contribution in [2.45, 2.75) is 63.1 Å². The van der Waals surface area contributed by atoms with Crippen LogP contribution in [0.4, 0.5) is 0 Å². The van der Waals surface area contributed by atoms with Gasteiger partial charge >= 0.3 is 0 Å². The lowest BCUT2D eigenvalue weighted by Crippen LogP contribution is -2.36. The van der Waals surface area contributed by atoms with Gasteiger partial charge in [-0.2, -0.15) is 5.10 Å². The molecule has 2 fully saturated rings. The van der Waals surface area contributed by atoms with E-state index in [1.165, 1.54) is 12.8 Å². The molecule has 0 aromatic carbocycles. The summed E-state index contributed by atoms with van der Waals surface area (Å²) in [5.74, 6) is 0.592. The normalized spacial score (nSPS) is 24.7. The smallest absolute Gasteiger partial charge is 0.267 e. The van der Waals surface area contributed by atoms with Crippen molar-refractivity contribution in [3.05, 3.63) is 46.4 Å². The van der Waals surface area contributed by atoms with Crippen LogP contribution in [0, 0.1) is 0 Å². The summed E-state index contributed by atoms with van der Waals surface area (Å²) in [6, 6.07) is 4.38. The van der Waals surface area contributed by atoms with Crippen molar-refractivity contribution in [2.24, 2.45) is 0 Å². The molecule has 2 aliphatic rings. The zero-order valence-corrected chi connectivity index (χ0v) is 13.2. The molecule has 0 atom stereocenters. The summed E-state index contributed by atoms with van der Waals surface area (Å²) < 4.78 is 1.75. The maximum Gasteiger partial charge on any atom is 0.267 e. The van der Waals surface area contributed by atoms with Crippen molar-refractivity contribution < 1.29 is 0 Å². The number of nitrogens with zero attached hydrogens (tertiary/aromatic N) is 3. The molecule has 6 nitrogen and oxygen atoms in total. The molecular weight excluding hydrogens is 290 g/mol. The van der Waals surface area contributed by atoms with Gasteiger partial charge in [-0.25, -0.2) is 9.67 Å². The van der Waals surface area contributed by atoms with Gasteiger partial charge in [0.15, 0.2) is 0 Å². The molecule has 0 unspecified atom stereocenters. The summed E-state index contributed by atoms with van der Waals surface area (Å²) in [5.41, 5.74) is 2.26. The molecule has 0 spiro atoms. The van der Waals surface area contributed by atoms with Crippen LogP contribution in [0.1, 0.15) is 61.9 Å². The Kier molecular flexibility index (Phi) is 3.99. The van der Waals surface area contributed by atoms with Gasteiger partial charge in [-0.1, -0.05) is 0 Å². The van der Waals surface area contributed by atoms with E-state index in [9.17, 15) is 4.79 Å². The minimum absolute atomic E-state index is 0.0447. The van der Waals surface area contributed by atoms with Gasteiger partial charge in [-0.15, -0.1) is 0 Å². The van der Waals surface area contributed by atoms with Crippen molar-refractivity contribution in [3.63, 3.8) is 0 Å². The first kappa shape index (κ1) is 14.6. The number of H-pyrrole nitrogens is 1. The summed E-state index contributed by atoms with van der Waals surface area (Å²) in [6.07, 6.45) is 10.2. The van der Waals surface area contributed by atoms with E-state index < -0.39 is 0 Å². The predicted molar refractivity (Wildman–Crippen MR) is 87.2 cm³/mol. The number of hydrogen-bond donors (Lipinski definition) is 2. The molecule has 2 N–H and O–H groups in total. The molecule has 6 heteroatoms. The lowest BCUT2D eigenvalue weighted by molar-refractivity contribution is 0.267. The second kappa shape index (κ2) is 6.28. The van der Waals surface area contributed by atoms with E-state index in [1.54, 1.807) is 17.1 Å². The molecule has 2 aliphatic carbocycles. The minimum Gasteiger partial charge on any atom is -0.347 e. The molecule has 122 valence electrons. The Labute approximate surface area is 135 Å². The fourth-order valence-corrected chi connectivity index (χ4v) is 3.46. The maximum absolute atomic E-state index is 12.2. The van der Waals surface area contributed by atoms with E-state index in [0.29, 0.717) is 12.0 Å². The fourth-order valence-electron chi connectivity index (χ4n) is 3.46. The van der Waals surface area contributed by atoms with Gasteiger partial charge in [0, 0.05) is 36.5 Å². The van der Waals surface area contributed by atoms with Crippen LogP contribution in [0.3, 0.4) is 0 Å². The van der Waals surface area contributed by atoms with Crippen molar-refractivity contribution in [1.29, 1.82) is 0 Å². The lowest BCUT2D eigenvalue weighted by Gasteiger charge is -2.29. The van der Waals surface area contributed by atoms with Gasteiger partial charge in [0.1, 0.15) is 0 Å². The van der Waals surface area contributed by atoms with Crippen LogP contribution >= 0.6 is 0 Å². The van der Waals surface area contributed by atoms with E-state index in [0.717, 1.165) is 43.6 Å². The third-order valence-electron chi connectivity index (χ3n) is 5.02. The van der Waals surface area contributed by atoms with E-state index in [2.05, 4.69) is 20.4 Å². The third kappa shape index (κ3) is 3.37. The highest BCUT2D eigenvalue weighted by molar-refractivity contribution is 5.13. The Bertz CT molecular complexity index is 696. The number of imidazole rings is 1. The van der Waals surface area contributed by atoms with Crippen LogP contribution in [0.15, 0.2) is 29.5 Å². The van der Waals surface area contributed by atoms with Crippen LogP contribution in [-0.2, 0) is 6.54 Å². The molecule has 0 radical (unpaired) electrons. The first-order valence-electron chi connectivity index (χ1n) is 8.60. The first-order chi connectivity index (χ1) is 11.3. The molecule has 0 saturated heterocycles. The Balaban J connectivity index is 1.35. The highest BCUT2D eigenvalue weighted by Gasteiger charge is 2.28. The van der Waals surface area contributed by atoms with Crippen molar-refractivity contribution in [1.82, 2.24) is 25.1 Å². The summed E-state index contributed by atoms with van der Waals surface area (Å²) in [6.45, 7) is 0.824. The number of aromatic amines is 1. The van der Waals surface area contributed by atoms with Crippen LogP contribution in [0.25, 0.3) is 0 Å². The number of nitrogens with one attached hydrogen (secondary N) is 2. The van der Waals surface area contributed by atoms with Gasteiger partial charge in [0.25, 0.3) is 5.56 Å². The molecule has 23 heavy (non-hydrogen) atoms. The Morgan fingerprint density at radius 1 is 1.17 bits per heavy atom. The van der Waals surface area contributed by atoms with Crippen LogP contribution in [0.2, 0.25) is 0 Å². The summed E-state index contributed by atoms with van der Waals surface area (Å²) in [5, 5.41) is 8.21. The molecule has 0 aliphatic heterocycles. The molecule has 0 amide bonds. The van der Waals surface area contributed by atoms with Crippen LogP contribution in [-0.4, -0.2) is 25.8 Å². The molecule has 2 aromatic rings. The summed E-state index contributed by atoms with van der Waals surface area (Å²) in [7, 11) is 0. The van der Waals surface area contributed by atoms with Gasteiger partial charge in [0.2, 0.25) is 0 Å². The Hall–Kier alpha value is -1.95. The highest BCUT2D eigenvalue weighted by Crippen LogP contribution is 2.38. The second-order valence-electron chi connectivity index (χ2n) is 6.78. The second-order valence-corrected chi connectivity index (χ2v) is 6.78. The first-order valence-corrected chi connectivity index (χ1v) is 8.60. The van der Waals surface area contributed by atoms with Gasteiger partial charge in [0.05, 0.1) is 18.1 Å². The van der Waals surface area contributed by atoms with Crippen molar-refractivity contribution >= 4 is 0 Å². The molecule has 2 heterocycles. The van der Waals surface area contributed by atoms with E-state index >= 15 is 0 Å². The van der Waals surface area contributed by atoms with Crippen molar-refractivity contribution in [2.75, 3.05) is 0 Å². The van der Waals surface area contributed by atoms with Crippen molar-refractivity contribution in [3.8, 4) is 0 Å². The monoisotopic (exact) mass is 313 g/mol. The van der Waals surface area contributed by atoms with E-state index in [1.807, 2.05) is 12.3 Å². The average molecular weight is 313 g/mol. The standard InChI is InChI=1S/C17H23N5O/c23-17-8-7-16(12-1-2-12)21-22(17)15-5-3-13(4-6-15)19-10-14-9-18-11-20-14/h7-9,11-13,15,19H,1-6,10H2,(H,18,20). The van der Waals surface area contributed by atoms with Crippen LogP contribution < -0.4 is 10.9 Å². The molecule has 0 bridgehead atoms. The van der Waals surface area contributed by atoms with Crippen LogP contribution in [0.5, 0.6) is 0 Å². The van der Waals surface area contributed by atoms with E-state index in [4.69, 9.17) is 0 Å². The summed E-state index contributed by atoms with van der Waals surface area (Å²) in [4.78, 5) is 19.3. The van der Waals surface area contributed by atoms with E-state index in [-0.39, 0.29) is 11.6 Å². The van der Waals surface area contributed by atoms with Gasteiger partial charge in [-0.05, 0) is 44.6 Å². The Morgan fingerprint density at radius 3 is 2.70 bits per heavy atom. The Morgan fingerprint density at radius 2 is 2.00 bits per heavy atom. The predicted octanol–water partition coefficient (Wildman–Crippen LogP) is 2.12. The van der Waals surface area contributed by atoms with Gasteiger partial charge in [-0.3, -0.25) is 4.79 Å². The highest BCUT2D eigenvalue weighted by atomic mass is 16.1. The zero-order valence-electron chi connectivity index (χ0n) is 13.2. The molecule has 2 saturated carbocycles. The SMILES string of the molecule is O=c1ccc(C2CC2)nn1C1CCC(NCc2cnc[nH]2)CC1. The number of aromatic nitrogens is 4. The lowest BCUT2D eigenvalue weighted by atomic mass is 9.91. The van der Waals surface area contributed by atoms with Gasteiger partial charge < -0.3 is 10.3 Å². The summed E-state index contributed by atoms with van der Waals surface area (Å²) >= 11 is 0. The molecular formula is C17H23N5O. The molecule has 2 aromatic heterocycles. The number of rotatable bonds is 5. The molecule has 4 rings (SSSR count).